The summed E-state index contributed by atoms with van der Waals surface area (Å²) in [6.45, 7) is 7.20. The Balaban J connectivity index is 2.02. The van der Waals surface area contributed by atoms with Gasteiger partial charge in [-0.15, -0.1) is 0 Å². The van der Waals surface area contributed by atoms with Gasteiger partial charge in [-0.25, -0.2) is 0 Å². The molecule has 0 aliphatic heterocycles. The molecule has 23 heavy (non-hydrogen) atoms. The smallest absolute Gasteiger partial charge is 0.272 e. The van der Waals surface area contributed by atoms with Crippen LogP contribution in [0.1, 0.15) is 56.1 Å². The lowest BCUT2D eigenvalue weighted by Gasteiger charge is -2.54. The van der Waals surface area contributed by atoms with Crippen molar-refractivity contribution >= 4 is 5.91 Å². The Kier molecular flexibility index (Phi) is 5.38. The lowest BCUT2D eigenvalue weighted by molar-refractivity contribution is -0.140. The highest BCUT2D eigenvalue weighted by molar-refractivity contribution is 5.92. The minimum atomic E-state index is -0.146. The quantitative estimate of drug-likeness (QED) is 0.757. The van der Waals surface area contributed by atoms with Crippen LogP contribution in [-0.4, -0.2) is 41.6 Å². The van der Waals surface area contributed by atoms with Gasteiger partial charge in [-0.1, -0.05) is 27.2 Å². The summed E-state index contributed by atoms with van der Waals surface area (Å²) in [6.07, 6.45) is 4.72. The normalized spacial score (nSPS) is 22.0. The molecule has 1 aliphatic rings. The third kappa shape index (κ3) is 3.53. The number of hydrogen-bond acceptors (Lipinski definition) is 4. The average Bonchev–Trinajstić information content (AvgIpc) is 2.56. The average molecular weight is 315 g/mol. The maximum atomic E-state index is 12.6. The fourth-order valence-electron chi connectivity index (χ4n) is 3.11. The molecule has 0 aromatic carbocycles. The molecule has 5 nitrogen and oxygen atoms in total. The first-order valence-corrected chi connectivity index (χ1v) is 8.16. The SMILES string of the molecule is CCCCO[C@H]1C[C@H](N(C)C(=O)c2cc(C#N)ccn2)C1(C)C. The second-order valence-electron chi connectivity index (χ2n) is 6.74. The van der Waals surface area contributed by atoms with Crippen molar-refractivity contribution in [2.75, 3.05) is 13.7 Å². The molecule has 1 heterocycles. The van der Waals surface area contributed by atoms with Crippen molar-refractivity contribution in [2.24, 2.45) is 5.41 Å². The predicted octanol–water partition coefficient (Wildman–Crippen LogP) is 3.01. The van der Waals surface area contributed by atoms with Crippen LogP contribution in [0, 0.1) is 16.7 Å². The molecule has 124 valence electrons. The zero-order chi connectivity index (χ0) is 17.0. The molecule has 1 fully saturated rings. The van der Waals surface area contributed by atoms with Crippen molar-refractivity contribution < 1.29 is 9.53 Å². The highest BCUT2D eigenvalue weighted by Crippen LogP contribution is 2.45. The van der Waals surface area contributed by atoms with E-state index in [-0.39, 0.29) is 23.5 Å². The van der Waals surface area contributed by atoms with Gasteiger partial charge < -0.3 is 9.64 Å². The molecular formula is C18H25N3O2. The van der Waals surface area contributed by atoms with Gasteiger partial charge in [0.25, 0.3) is 5.91 Å². The van der Waals surface area contributed by atoms with Gasteiger partial charge in [-0.05, 0) is 25.0 Å². The monoisotopic (exact) mass is 315 g/mol. The molecule has 0 radical (unpaired) electrons. The second-order valence-corrected chi connectivity index (χ2v) is 6.74. The molecular weight excluding hydrogens is 290 g/mol. The van der Waals surface area contributed by atoms with E-state index in [1.807, 2.05) is 6.07 Å². The minimum absolute atomic E-state index is 0.0784. The van der Waals surface area contributed by atoms with Crippen LogP contribution < -0.4 is 0 Å². The number of carbonyl (C=O) groups is 1. The Morgan fingerprint density at radius 3 is 2.91 bits per heavy atom. The number of rotatable bonds is 6. The molecule has 1 amide bonds. The number of aromatic nitrogens is 1. The van der Waals surface area contributed by atoms with Gasteiger partial charge in [0.05, 0.1) is 17.7 Å². The van der Waals surface area contributed by atoms with Gasteiger partial charge >= 0.3 is 0 Å². The summed E-state index contributed by atoms with van der Waals surface area (Å²) >= 11 is 0. The maximum absolute atomic E-state index is 12.6. The van der Waals surface area contributed by atoms with Gasteiger partial charge in [-0.2, -0.15) is 5.26 Å². The third-order valence-corrected chi connectivity index (χ3v) is 4.84. The number of nitriles is 1. The number of pyridine rings is 1. The van der Waals surface area contributed by atoms with E-state index >= 15 is 0 Å². The van der Waals surface area contributed by atoms with Crippen LogP contribution in [0.2, 0.25) is 0 Å². The first-order valence-electron chi connectivity index (χ1n) is 8.16. The largest absolute Gasteiger partial charge is 0.378 e. The number of carbonyl (C=O) groups excluding carboxylic acids is 1. The van der Waals surface area contributed by atoms with Crippen LogP contribution in [0.15, 0.2) is 18.3 Å². The van der Waals surface area contributed by atoms with Crippen LogP contribution in [0.25, 0.3) is 0 Å². The summed E-state index contributed by atoms with van der Waals surface area (Å²) in [4.78, 5) is 18.5. The van der Waals surface area contributed by atoms with Crippen molar-refractivity contribution in [3.63, 3.8) is 0 Å². The van der Waals surface area contributed by atoms with Crippen molar-refractivity contribution in [1.82, 2.24) is 9.88 Å². The van der Waals surface area contributed by atoms with Gasteiger partial charge in [0.1, 0.15) is 5.69 Å². The number of hydrogen-bond donors (Lipinski definition) is 0. The van der Waals surface area contributed by atoms with Crippen molar-refractivity contribution in [2.45, 2.75) is 52.2 Å². The van der Waals surface area contributed by atoms with E-state index in [9.17, 15) is 4.79 Å². The summed E-state index contributed by atoms with van der Waals surface area (Å²) in [5, 5.41) is 8.95. The van der Waals surface area contributed by atoms with Crippen LogP contribution >= 0.6 is 0 Å². The van der Waals surface area contributed by atoms with Gasteiger partial charge in [0, 0.05) is 31.3 Å². The standard InChI is InChI=1S/C18H25N3O2/c1-5-6-9-23-16-11-15(18(16,2)3)21(4)17(22)14-10-13(12-19)7-8-20-14/h7-8,10,15-16H,5-6,9,11H2,1-4H3/t15-,16-/m0/s1. The maximum Gasteiger partial charge on any atom is 0.272 e. The summed E-state index contributed by atoms with van der Waals surface area (Å²) in [6, 6.07) is 5.30. The number of nitrogens with zero attached hydrogens (tertiary/aromatic N) is 3. The first-order chi connectivity index (χ1) is 10.9. The predicted molar refractivity (Wildman–Crippen MR) is 87.9 cm³/mol. The molecule has 0 spiro atoms. The molecule has 5 heteroatoms. The number of amides is 1. The summed E-state index contributed by atoms with van der Waals surface area (Å²) < 4.78 is 5.94. The molecule has 1 aliphatic carbocycles. The van der Waals surface area contributed by atoms with Crippen molar-refractivity contribution in [3.05, 3.63) is 29.6 Å². The summed E-state index contributed by atoms with van der Waals surface area (Å²) in [5.74, 6) is -0.146. The van der Waals surface area contributed by atoms with Crippen molar-refractivity contribution in [3.8, 4) is 6.07 Å². The minimum Gasteiger partial charge on any atom is -0.378 e. The lowest BCUT2D eigenvalue weighted by Crippen LogP contribution is -2.62. The zero-order valence-electron chi connectivity index (χ0n) is 14.4. The number of ether oxygens (including phenoxy) is 1. The van der Waals surface area contributed by atoms with E-state index < -0.39 is 0 Å². The third-order valence-electron chi connectivity index (χ3n) is 4.84. The van der Waals surface area contributed by atoms with Crippen LogP contribution in [0.4, 0.5) is 0 Å². The molecule has 0 N–H and O–H groups in total. The first kappa shape index (κ1) is 17.4. The van der Waals surface area contributed by atoms with E-state index in [2.05, 4.69) is 25.8 Å². The van der Waals surface area contributed by atoms with E-state index in [1.54, 1.807) is 24.1 Å². The Morgan fingerprint density at radius 2 is 2.30 bits per heavy atom. The van der Waals surface area contributed by atoms with E-state index in [0.29, 0.717) is 11.3 Å². The fourth-order valence-corrected chi connectivity index (χ4v) is 3.11. The lowest BCUT2D eigenvalue weighted by atomic mass is 9.63. The molecule has 2 atom stereocenters. The van der Waals surface area contributed by atoms with Gasteiger partial charge in [-0.3, -0.25) is 9.78 Å². The van der Waals surface area contributed by atoms with Gasteiger partial charge in [0.15, 0.2) is 0 Å². The molecule has 1 aromatic rings. The van der Waals surface area contributed by atoms with Crippen LogP contribution in [-0.2, 0) is 4.74 Å². The molecule has 1 saturated carbocycles. The molecule has 2 rings (SSSR count). The zero-order valence-corrected chi connectivity index (χ0v) is 14.4. The highest BCUT2D eigenvalue weighted by Gasteiger charge is 2.52. The van der Waals surface area contributed by atoms with Crippen LogP contribution in [0.5, 0.6) is 0 Å². The van der Waals surface area contributed by atoms with Crippen LogP contribution in [0.3, 0.4) is 0 Å². The Morgan fingerprint density at radius 1 is 1.57 bits per heavy atom. The number of unbranched alkanes of at least 4 members (excludes halogenated alkanes) is 1. The second kappa shape index (κ2) is 7.10. The molecule has 0 unspecified atom stereocenters. The van der Waals surface area contributed by atoms with E-state index in [4.69, 9.17) is 10.00 Å². The molecule has 0 bridgehead atoms. The molecule has 1 aromatic heterocycles. The van der Waals surface area contributed by atoms with E-state index in [1.165, 1.54) is 6.20 Å². The molecule has 0 saturated heterocycles. The van der Waals surface area contributed by atoms with E-state index in [0.717, 1.165) is 25.9 Å². The van der Waals surface area contributed by atoms with Gasteiger partial charge in [0.2, 0.25) is 0 Å². The Labute approximate surface area is 138 Å². The Hall–Kier alpha value is -1.93. The summed E-state index contributed by atoms with van der Waals surface area (Å²) in [7, 11) is 1.80. The fraction of sp³-hybridized carbons (Fsp3) is 0.611. The Bertz CT molecular complexity index is 607. The summed E-state index contributed by atoms with van der Waals surface area (Å²) in [5.41, 5.74) is 0.688. The highest BCUT2D eigenvalue weighted by atomic mass is 16.5. The topological polar surface area (TPSA) is 66.2 Å². The van der Waals surface area contributed by atoms with Crippen molar-refractivity contribution in [1.29, 1.82) is 5.26 Å².